The average Bonchev–Trinajstić information content (AvgIpc) is 4.30. The molecule has 8 N–H and O–H groups in total. The van der Waals surface area contributed by atoms with Crippen LogP contribution in [0.1, 0.15) is 32.1 Å². The third-order valence-corrected chi connectivity index (χ3v) is 15.5. The molecule has 6 aromatic heterocycles. The van der Waals surface area contributed by atoms with E-state index in [1.54, 1.807) is 38.0 Å². The number of methoxy groups -OCH3 is 2. The van der Waals surface area contributed by atoms with Gasteiger partial charge in [-0.1, -0.05) is 109 Å². The summed E-state index contributed by atoms with van der Waals surface area (Å²) in [6.45, 7) is 0. The maximum Gasteiger partial charge on any atom is 0.272 e. The fourth-order valence-electron chi connectivity index (χ4n) is 9.56. The van der Waals surface area contributed by atoms with Gasteiger partial charge >= 0.3 is 0 Å². The lowest BCUT2D eigenvalue weighted by molar-refractivity contribution is 0.101. The van der Waals surface area contributed by atoms with Crippen LogP contribution < -0.4 is 37.3 Å². The van der Waals surface area contributed by atoms with Crippen molar-refractivity contribution in [2.24, 2.45) is 19.1 Å². The Morgan fingerprint density at radius 3 is 1.47 bits per heavy atom. The van der Waals surface area contributed by atoms with Crippen LogP contribution in [-0.2, 0) is 14.1 Å². The molecule has 0 bridgehead atoms. The summed E-state index contributed by atoms with van der Waals surface area (Å²) >= 11 is 3.09. The molecule has 12 aromatic rings. The summed E-state index contributed by atoms with van der Waals surface area (Å²) in [6.07, 6.45) is 3.31. The Morgan fingerprint density at radius 1 is 0.545 bits per heavy atom. The van der Waals surface area contributed by atoms with Crippen LogP contribution in [0.5, 0.6) is 11.5 Å². The zero-order valence-electron chi connectivity index (χ0n) is 42.2. The molecular formula is C61H50N10O4S2. The quantitative estimate of drug-likeness (QED) is 0.0781. The molecule has 0 unspecified atom stereocenters. The molecular weight excluding hydrogens is 1000 g/mol. The van der Waals surface area contributed by atoms with Crippen molar-refractivity contribution in [1.82, 2.24) is 19.1 Å². The van der Waals surface area contributed by atoms with Gasteiger partial charge in [0, 0.05) is 79.7 Å². The molecule has 0 saturated heterocycles. The van der Waals surface area contributed by atoms with Gasteiger partial charge in [-0.25, -0.2) is 15.0 Å². The third kappa shape index (κ3) is 9.43. The Balaban J connectivity index is 0.000000174. The van der Waals surface area contributed by atoms with Gasteiger partial charge in [0.1, 0.15) is 40.2 Å². The highest BCUT2D eigenvalue weighted by Crippen LogP contribution is 2.44. The van der Waals surface area contributed by atoms with Crippen LogP contribution in [0.4, 0.5) is 34.4 Å². The van der Waals surface area contributed by atoms with Crippen molar-refractivity contribution in [3.8, 4) is 33.8 Å². The number of nitrogen functional groups attached to an aromatic ring is 3. The summed E-state index contributed by atoms with van der Waals surface area (Å²) < 4.78 is 16.9. The number of aryl methyl sites for hydroxylation is 2. The van der Waals surface area contributed by atoms with Gasteiger partial charge in [0.15, 0.2) is 0 Å². The van der Waals surface area contributed by atoms with Gasteiger partial charge in [-0.2, -0.15) is 0 Å². The number of carbonyl (C=O) groups excluding carboxylic acids is 2. The van der Waals surface area contributed by atoms with Crippen molar-refractivity contribution in [3.05, 3.63) is 203 Å². The normalized spacial score (nSPS) is 11.1. The summed E-state index contributed by atoms with van der Waals surface area (Å²) in [5.41, 5.74) is 30.8. The lowest BCUT2D eigenvalue weighted by Gasteiger charge is -2.13. The highest BCUT2D eigenvalue weighted by atomic mass is 32.1. The van der Waals surface area contributed by atoms with Crippen LogP contribution in [0.15, 0.2) is 186 Å². The molecule has 6 heterocycles. The largest absolute Gasteiger partial charge is 0.495 e. The number of benzene rings is 6. The van der Waals surface area contributed by atoms with Crippen molar-refractivity contribution in [3.63, 3.8) is 0 Å². The number of anilines is 5. The molecule has 380 valence electrons. The first kappa shape index (κ1) is 49.4. The monoisotopic (exact) mass is 1050 g/mol. The van der Waals surface area contributed by atoms with Crippen LogP contribution in [0.25, 0.3) is 64.2 Å². The molecule has 6 aromatic carbocycles. The van der Waals surface area contributed by atoms with Gasteiger partial charge in [-0.15, -0.1) is 22.7 Å². The summed E-state index contributed by atoms with van der Waals surface area (Å²) in [4.78, 5) is 40.2. The summed E-state index contributed by atoms with van der Waals surface area (Å²) in [5, 5.41) is 13.7. The Bertz CT molecular complexity index is 4210. The van der Waals surface area contributed by atoms with E-state index in [9.17, 15) is 9.59 Å². The van der Waals surface area contributed by atoms with Crippen molar-refractivity contribution in [2.45, 2.75) is 0 Å². The molecule has 0 atom stereocenters. The van der Waals surface area contributed by atoms with E-state index in [0.29, 0.717) is 51.6 Å². The number of aliphatic imine (C=N–C) groups is 1. The predicted octanol–water partition coefficient (Wildman–Crippen LogP) is 13.3. The molecule has 0 spiro atoms. The van der Waals surface area contributed by atoms with E-state index < -0.39 is 0 Å². The van der Waals surface area contributed by atoms with Crippen molar-refractivity contribution in [2.75, 3.05) is 42.1 Å². The Morgan fingerprint density at radius 2 is 0.987 bits per heavy atom. The molecule has 12 rings (SSSR count). The minimum atomic E-state index is -0.218. The van der Waals surface area contributed by atoms with E-state index in [-0.39, 0.29) is 11.8 Å². The number of thiophene rings is 2. The summed E-state index contributed by atoms with van der Waals surface area (Å²) in [6, 6.07) is 51.2. The molecule has 0 aliphatic rings. The fraction of sp³-hybridized carbons (Fsp3) is 0.0656. The molecule has 0 aliphatic heterocycles. The van der Waals surface area contributed by atoms with E-state index in [1.807, 2.05) is 162 Å². The molecule has 16 heteroatoms. The first-order chi connectivity index (χ1) is 37.5. The van der Waals surface area contributed by atoms with Crippen LogP contribution in [0.2, 0.25) is 0 Å². The smallest absolute Gasteiger partial charge is 0.272 e. The SMILES string of the molecule is COc1cc(-c2csc3c(N)cnc(N)c23)ccc1NC(=O)c1cc2ccccc2n1C.COc1cc(-c2csc3c(N=C(c4ccccc4)c4ccccc4)cnc(N)c23)ccc1NC(=O)c1cc2ccccc2n1C. The molecule has 0 aliphatic carbocycles. The number of carbonyl (C=O) groups is 2. The number of rotatable bonds is 11. The number of para-hydroxylation sites is 2. The number of aromatic nitrogens is 4. The zero-order chi connectivity index (χ0) is 53.3. The number of hydrogen-bond acceptors (Lipinski definition) is 12. The maximum atomic E-state index is 13.3. The number of amides is 2. The van der Waals surface area contributed by atoms with E-state index in [0.717, 1.165) is 86.8 Å². The number of nitrogens with two attached hydrogens (primary N) is 3. The lowest BCUT2D eigenvalue weighted by atomic mass is 10.0. The van der Waals surface area contributed by atoms with E-state index in [1.165, 1.54) is 11.3 Å². The van der Waals surface area contributed by atoms with Gasteiger partial charge < -0.3 is 46.4 Å². The van der Waals surface area contributed by atoms with E-state index in [4.69, 9.17) is 31.7 Å². The van der Waals surface area contributed by atoms with Gasteiger partial charge in [0.25, 0.3) is 11.8 Å². The minimum Gasteiger partial charge on any atom is -0.495 e. The lowest BCUT2D eigenvalue weighted by Crippen LogP contribution is -2.16. The molecule has 2 amide bonds. The number of ether oxygens (including phenoxy) is 2. The molecule has 0 radical (unpaired) electrons. The minimum absolute atomic E-state index is 0.211. The summed E-state index contributed by atoms with van der Waals surface area (Å²) in [5.74, 6) is 1.51. The second-order valence-corrected chi connectivity index (χ2v) is 19.8. The first-order valence-electron chi connectivity index (χ1n) is 24.3. The number of pyridine rings is 2. The highest BCUT2D eigenvalue weighted by Gasteiger charge is 2.21. The Hall–Kier alpha value is -9.77. The fourth-order valence-corrected chi connectivity index (χ4v) is 11.6. The van der Waals surface area contributed by atoms with Crippen molar-refractivity contribution < 1.29 is 19.1 Å². The van der Waals surface area contributed by atoms with Gasteiger partial charge in [0.05, 0.1) is 58.8 Å². The number of fused-ring (bicyclic) bond motifs is 4. The second-order valence-electron chi connectivity index (χ2n) is 18.1. The average molecular weight is 1050 g/mol. The maximum absolute atomic E-state index is 13.3. The second kappa shape index (κ2) is 20.9. The molecule has 0 fully saturated rings. The van der Waals surface area contributed by atoms with Crippen molar-refractivity contribution in [1.29, 1.82) is 0 Å². The number of nitrogens with zero attached hydrogens (tertiary/aromatic N) is 5. The topological polar surface area (TPSA) is 203 Å². The first-order valence-corrected chi connectivity index (χ1v) is 26.1. The molecule has 14 nitrogen and oxygen atoms in total. The van der Waals surface area contributed by atoms with E-state index >= 15 is 0 Å². The standard InChI is InChI=1S/C37H29N5O2S.C24H21N5O2S/c1-42-30-16-10-9-15-26(30)19-31(42)37(43)41-28-18-17-25(20-32(28)44-2)27-22-45-35-29(21-39-36(38)33(27)35)40-34(23-11-5-3-6-12-23)24-13-7-4-8-14-24;1-29-18-6-4-3-5-14(18)9-19(29)24(30)28-17-8-7-13(10-20(17)31-2)15-12-32-22-16(25)11-27-23(26)21(15)22/h3-22H,1-2H3,(H2,38,39)(H,41,43);3-12H,25H2,1-2H3,(H2,26,27)(H,28,30). The van der Waals surface area contributed by atoms with Crippen LogP contribution in [0.3, 0.4) is 0 Å². The van der Waals surface area contributed by atoms with Crippen LogP contribution >= 0.6 is 22.7 Å². The number of nitrogens with one attached hydrogen (secondary N) is 2. The summed E-state index contributed by atoms with van der Waals surface area (Å²) in [7, 11) is 6.93. The molecule has 0 saturated carbocycles. The number of hydrogen-bond donors (Lipinski definition) is 5. The van der Waals surface area contributed by atoms with Gasteiger partial charge in [-0.05, 0) is 59.7 Å². The van der Waals surface area contributed by atoms with Crippen LogP contribution in [0, 0.1) is 0 Å². The van der Waals surface area contributed by atoms with Gasteiger partial charge in [0.2, 0.25) is 0 Å². The van der Waals surface area contributed by atoms with Gasteiger partial charge in [-0.3, -0.25) is 9.59 Å². The Labute approximate surface area is 450 Å². The zero-order valence-corrected chi connectivity index (χ0v) is 43.9. The third-order valence-electron chi connectivity index (χ3n) is 13.5. The highest BCUT2D eigenvalue weighted by molar-refractivity contribution is 7.19. The van der Waals surface area contributed by atoms with Crippen LogP contribution in [-0.4, -0.2) is 50.8 Å². The molecule has 77 heavy (non-hydrogen) atoms. The predicted molar refractivity (Wildman–Crippen MR) is 316 cm³/mol. The van der Waals surface area contributed by atoms with E-state index in [2.05, 4.69) is 50.2 Å². The Kier molecular flexibility index (Phi) is 13.4. The van der Waals surface area contributed by atoms with Crippen molar-refractivity contribution >= 4 is 117 Å².